The number of rotatable bonds is 9. The van der Waals surface area contributed by atoms with Gasteiger partial charge in [-0.05, 0) is 55.2 Å². The molecule has 1 fully saturated rings. The molecular formula is C21H22F2N2O2. The Morgan fingerprint density at radius 2 is 1.74 bits per heavy atom. The maximum Gasteiger partial charge on any atom is 0.387 e. The summed E-state index contributed by atoms with van der Waals surface area (Å²) in [6.45, 7) is 0.769. The molecule has 1 saturated carbocycles. The molecule has 4 nitrogen and oxygen atoms in total. The molecule has 0 radical (unpaired) electrons. The summed E-state index contributed by atoms with van der Waals surface area (Å²) in [6, 6.07) is 15.4. The standard InChI is InChI=1S/C21H22F2N2O2/c1-2-26-20-11-17(7-10-19(20)27-21(22)23)14-25(18-8-9-18)13-16-5-3-15(12-24)4-6-16/h3-7,10-11,18,21H,2,8-9,13-14H2,1H3. The molecule has 0 aliphatic heterocycles. The highest BCUT2D eigenvalue weighted by molar-refractivity contribution is 5.43. The Labute approximate surface area is 157 Å². The molecule has 27 heavy (non-hydrogen) atoms. The van der Waals surface area contributed by atoms with Crippen molar-refractivity contribution in [1.82, 2.24) is 4.90 Å². The van der Waals surface area contributed by atoms with Gasteiger partial charge in [0.25, 0.3) is 0 Å². The number of alkyl halides is 2. The van der Waals surface area contributed by atoms with E-state index in [2.05, 4.69) is 15.7 Å². The van der Waals surface area contributed by atoms with Crippen LogP contribution in [-0.2, 0) is 13.1 Å². The van der Waals surface area contributed by atoms with Crippen LogP contribution in [0.1, 0.15) is 36.5 Å². The fourth-order valence-corrected chi connectivity index (χ4v) is 3.02. The van der Waals surface area contributed by atoms with Crippen LogP contribution in [0.4, 0.5) is 8.78 Å². The molecule has 0 N–H and O–H groups in total. The monoisotopic (exact) mass is 372 g/mol. The van der Waals surface area contributed by atoms with Gasteiger partial charge in [-0.15, -0.1) is 0 Å². The zero-order valence-corrected chi connectivity index (χ0v) is 15.2. The van der Waals surface area contributed by atoms with Gasteiger partial charge in [0.15, 0.2) is 11.5 Å². The number of benzene rings is 2. The molecule has 0 heterocycles. The van der Waals surface area contributed by atoms with Crippen LogP contribution in [-0.4, -0.2) is 24.2 Å². The summed E-state index contributed by atoms with van der Waals surface area (Å²) in [5.74, 6) is 0.394. The van der Waals surface area contributed by atoms with Gasteiger partial charge in [-0.2, -0.15) is 14.0 Å². The maximum absolute atomic E-state index is 12.6. The van der Waals surface area contributed by atoms with E-state index in [4.69, 9.17) is 10.00 Å². The third kappa shape index (κ3) is 5.41. The molecule has 2 aromatic carbocycles. The van der Waals surface area contributed by atoms with E-state index in [9.17, 15) is 8.78 Å². The van der Waals surface area contributed by atoms with Crippen molar-refractivity contribution in [2.24, 2.45) is 0 Å². The Morgan fingerprint density at radius 3 is 2.33 bits per heavy atom. The minimum Gasteiger partial charge on any atom is -0.490 e. The van der Waals surface area contributed by atoms with Crippen LogP contribution < -0.4 is 9.47 Å². The van der Waals surface area contributed by atoms with Gasteiger partial charge in [0.2, 0.25) is 0 Å². The second kappa shape index (κ2) is 8.83. The summed E-state index contributed by atoms with van der Waals surface area (Å²) in [6.07, 6.45) is 2.31. The van der Waals surface area contributed by atoms with Crippen molar-refractivity contribution in [3.63, 3.8) is 0 Å². The summed E-state index contributed by atoms with van der Waals surface area (Å²) in [7, 11) is 0. The van der Waals surface area contributed by atoms with E-state index < -0.39 is 6.61 Å². The van der Waals surface area contributed by atoms with Crippen molar-refractivity contribution in [2.45, 2.75) is 45.5 Å². The smallest absolute Gasteiger partial charge is 0.387 e. The largest absolute Gasteiger partial charge is 0.490 e. The number of hydrogen-bond donors (Lipinski definition) is 0. The molecule has 6 heteroatoms. The zero-order valence-electron chi connectivity index (χ0n) is 15.2. The summed E-state index contributed by atoms with van der Waals surface area (Å²) in [4.78, 5) is 2.36. The summed E-state index contributed by atoms with van der Waals surface area (Å²) < 4.78 is 35.1. The van der Waals surface area contributed by atoms with Crippen molar-refractivity contribution >= 4 is 0 Å². The lowest BCUT2D eigenvalue weighted by atomic mass is 10.1. The first kappa shape index (κ1) is 19.1. The molecule has 2 aromatic rings. The van der Waals surface area contributed by atoms with Crippen LogP contribution in [0.25, 0.3) is 0 Å². The number of nitriles is 1. The van der Waals surface area contributed by atoms with Gasteiger partial charge in [-0.3, -0.25) is 4.90 Å². The number of nitrogens with zero attached hydrogens (tertiary/aromatic N) is 2. The van der Waals surface area contributed by atoms with Gasteiger partial charge in [-0.25, -0.2) is 0 Å². The second-order valence-corrected chi connectivity index (χ2v) is 6.54. The Balaban J connectivity index is 1.73. The first-order valence-electron chi connectivity index (χ1n) is 9.02. The van der Waals surface area contributed by atoms with Crippen LogP contribution in [0.3, 0.4) is 0 Å². The highest BCUT2D eigenvalue weighted by atomic mass is 19.3. The normalized spacial score (nSPS) is 13.6. The lowest BCUT2D eigenvalue weighted by Crippen LogP contribution is -2.25. The quantitative estimate of drug-likeness (QED) is 0.639. The summed E-state index contributed by atoms with van der Waals surface area (Å²) in [5.41, 5.74) is 2.77. The highest BCUT2D eigenvalue weighted by Gasteiger charge is 2.29. The lowest BCUT2D eigenvalue weighted by Gasteiger charge is -2.23. The van der Waals surface area contributed by atoms with Gasteiger partial charge in [-0.1, -0.05) is 18.2 Å². The Kier molecular flexibility index (Phi) is 6.25. The number of halogens is 2. The molecule has 0 unspecified atom stereocenters. The molecule has 1 aliphatic carbocycles. The molecule has 0 atom stereocenters. The van der Waals surface area contributed by atoms with E-state index in [-0.39, 0.29) is 5.75 Å². The lowest BCUT2D eigenvalue weighted by molar-refractivity contribution is -0.0514. The Hall–Kier alpha value is -2.65. The van der Waals surface area contributed by atoms with Gasteiger partial charge in [0.1, 0.15) is 0 Å². The van der Waals surface area contributed by atoms with Crippen molar-refractivity contribution in [3.05, 3.63) is 59.2 Å². The van der Waals surface area contributed by atoms with E-state index in [0.29, 0.717) is 30.5 Å². The van der Waals surface area contributed by atoms with Crippen LogP contribution in [0.15, 0.2) is 42.5 Å². The maximum atomic E-state index is 12.6. The average Bonchev–Trinajstić information content (AvgIpc) is 3.49. The van der Waals surface area contributed by atoms with Gasteiger partial charge < -0.3 is 9.47 Å². The Bertz CT molecular complexity index is 799. The average molecular weight is 372 g/mol. The fourth-order valence-electron chi connectivity index (χ4n) is 3.02. The number of ether oxygens (including phenoxy) is 2. The Morgan fingerprint density at radius 1 is 1.07 bits per heavy atom. The van der Waals surface area contributed by atoms with Crippen molar-refractivity contribution in [3.8, 4) is 17.6 Å². The van der Waals surface area contributed by atoms with Gasteiger partial charge in [0.05, 0.1) is 18.2 Å². The molecule has 0 spiro atoms. The molecule has 3 rings (SSSR count). The topological polar surface area (TPSA) is 45.5 Å². The van der Waals surface area contributed by atoms with Crippen LogP contribution in [0.2, 0.25) is 0 Å². The minimum atomic E-state index is -2.88. The van der Waals surface area contributed by atoms with Crippen molar-refractivity contribution in [2.75, 3.05) is 6.61 Å². The van der Waals surface area contributed by atoms with E-state index in [1.54, 1.807) is 25.1 Å². The SMILES string of the molecule is CCOc1cc(CN(Cc2ccc(C#N)cc2)C2CC2)ccc1OC(F)F. The highest BCUT2D eigenvalue weighted by Crippen LogP contribution is 2.33. The predicted molar refractivity (Wildman–Crippen MR) is 97.7 cm³/mol. The van der Waals surface area contributed by atoms with E-state index in [1.165, 1.54) is 0 Å². The van der Waals surface area contributed by atoms with Crippen molar-refractivity contribution in [1.29, 1.82) is 5.26 Å². The predicted octanol–water partition coefficient (Wildman–Crippen LogP) is 4.72. The van der Waals surface area contributed by atoms with Crippen LogP contribution in [0.5, 0.6) is 11.5 Å². The van der Waals surface area contributed by atoms with Gasteiger partial charge in [0, 0.05) is 19.1 Å². The second-order valence-electron chi connectivity index (χ2n) is 6.54. The molecule has 0 bridgehead atoms. The van der Waals surface area contributed by atoms with Gasteiger partial charge >= 0.3 is 6.61 Å². The molecule has 0 saturated heterocycles. The molecule has 0 aromatic heterocycles. The first-order valence-corrected chi connectivity index (χ1v) is 9.02. The molecular weight excluding hydrogens is 350 g/mol. The van der Waals surface area contributed by atoms with E-state index in [1.807, 2.05) is 24.3 Å². The minimum absolute atomic E-state index is 0.0562. The van der Waals surface area contributed by atoms with Crippen LogP contribution >= 0.6 is 0 Å². The fraction of sp³-hybridized carbons (Fsp3) is 0.381. The summed E-state index contributed by atoms with van der Waals surface area (Å²) in [5, 5.41) is 8.92. The molecule has 0 amide bonds. The first-order chi connectivity index (χ1) is 13.1. The van der Waals surface area contributed by atoms with E-state index in [0.717, 1.165) is 30.5 Å². The van der Waals surface area contributed by atoms with Crippen molar-refractivity contribution < 1.29 is 18.3 Å². The third-order valence-electron chi connectivity index (χ3n) is 4.44. The number of hydrogen-bond acceptors (Lipinski definition) is 4. The van der Waals surface area contributed by atoms with E-state index >= 15 is 0 Å². The third-order valence-corrected chi connectivity index (χ3v) is 4.44. The zero-order chi connectivity index (χ0) is 19.2. The molecule has 142 valence electrons. The molecule has 1 aliphatic rings. The van der Waals surface area contributed by atoms with Crippen LogP contribution in [0, 0.1) is 11.3 Å². The summed E-state index contributed by atoms with van der Waals surface area (Å²) >= 11 is 0.